The highest BCUT2D eigenvalue weighted by Crippen LogP contribution is 2.36. The Hall–Kier alpha value is -3.27. The van der Waals surface area contributed by atoms with E-state index in [-0.39, 0.29) is 30.9 Å². The van der Waals surface area contributed by atoms with Gasteiger partial charge in [-0.25, -0.2) is 8.42 Å². The molecule has 9 nitrogen and oxygen atoms in total. The molecule has 1 N–H and O–H groups in total. The van der Waals surface area contributed by atoms with Gasteiger partial charge in [-0.05, 0) is 30.0 Å². The number of carbonyl (C=O) groups is 2. The Morgan fingerprint density at radius 2 is 1.74 bits per heavy atom. The number of hydrogen-bond acceptors (Lipinski definition) is 6. The maximum atomic E-state index is 13.6. The van der Waals surface area contributed by atoms with Crippen LogP contribution in [0, 0.1) is 5.92 Å². The molecule has 2 amide bonds. The van der Waals surface area contributed by atoms with Gasteiger partial charge >= 0.3 is 0 Å². The molecule has 0 aliphatic carbocycles. The monoisotopic (exact) mass is 503 g/mol. The molecule has 0 saturated carbocycles. The molecule has 10 heteroatoms. The van der Waals surface area contributed by atoms with Gasteiger partial charge in [-0.3, -0.25) is 13.9 Å². The fraction of sp³-hybridized carbons (Fsp3) is 0.440. The third kappa shape index (κ3) is 6.88. The third-order valence-electron chi connectivity index (χ3n) is 5.59. The van der Waals surface area contributed by atoms with E-state index in [1.54, 1.807) is 12.1 Å². The first kappa shape index (κ1) is 26.3. The Morgan fingerprint density at radius 3 is 2.37 bits per heavy atom. The van der Waals surface area contributed by atoms with E-state index in [1.165, 1.54) is 11.0 Å². The Balaban J connectivity index is 1.91. The van der Waals surface area contributed by atoms with Gasteiger partial charge in [0.05, 0.1) is 11.9 Å². The minimum Gasteiger partial charge on any atom is -0.454 e. The average molecular weight is 504 g/mol. The fourth-order valence-electron chi connectivity index (χ4n) is 3.78. The summed E-state index contributed by atoms with van der Waals surface area (Å²) >= 11 is 0. The second kappa shape index (κ2) is 11.4. The number of nitrogens with zero attached hydrogens (tertiary/aromatic N) is 2. The predicted molar refractivity (Wildman–Crippen MR) is 134 cm³/mol. The number of benzene rings is 2. The van der Waals surface area contributed by atoms with Gasteiger partial charge in [0.2, 0.25) is 28.6 Å². The number of fused-ring (bicyclic) bond motifs is 1. The number of carbonyl (C=O) groups excluding carboxylic acids is 2. The quantitative estimate of drug-likeness (QED) is 0.506. The summed E-state index contributed by atoms with van der Waals surface area (Å²) < 4.78 is 37.1. The van der Waals surface area contributed by atoms with Gasteiger partial charge < -0.3 is 19.7 Å². The van der Waals surface area contributed by atoms with E-state index in [4.69, 9.17) is 9.47 Å². The van der Waals surface area contributed by atoms with E-state index in [9.17, 15) is 18.0 Å². The van der Waals surface area contributed by atoms with Crippen LogP contribution in [-0.4, -0.2) is 57.3 Å². The summed E-state index contributed by atoms with van der Waals surface area (Å²) in [4.78, 5) is 28.1. The molecule has 0 fully saturated rings. The van der Waals surface area contributed by atoms with Crippen LogP contribution in [0.3, 0.4) is 0 Å². The molecule has 1 heterocycles. The second-order valence-electron chi connectivity index (χ2n) is 8.88. The van der Waals surface area contributed by atoms with Gasteiger partial charge in [-0.2, -0.15) is 0 Å². The van der Waals surface area contributed by atoms with Gasteiger partial charge in [0.1, 0.15) is 12.6 Å². The van der Waals surface area contributed by atoms with Crippen LogP contribution in [0.25, 0.3) is 0 Å². The Bertz CT molecular complexity index is 1140. The minimum atomic E-state index is -3.82. The highest BCUT2D eigenvalue weighted by atomic mass is 32.2. The standard InChI is InChI=1S/C25H33N3O6S/c1-5-21(25(30)26-14-18(2)3)27(15-19-9-7-6-8-10-19)24(29)16-28(35(4,31)32)20-11-12-22-23(13-20)34-17-33-22/h6-13,18,21H,5,14-17H2,1-4H3,(H,26,30)/t21-/m0/s1. The van der Waals surface area contributed by atoms with Gasteiger partial charge in [0.15, 0.2) is 11.5 Å². The molecule has 3 rings (SSSR count). The maximum absolute atomic E-state index is 13.6. The van der Waals surface area contributed by atoms with Crippen molar-refractivity contribution in [3.05, 3.63) is 54.1 Å². The third-order valence-corrected chi connectivity index (χ3v) is 6.73. The van der Waals surface area contributed by atoms with Gasteiger partial charge in [0, 0.05) is 19.2 Å². The largest absolute Gasteiger partial charge is 0.454 e. The molecular formula is C25H33N3O6S. The summed E-state index contributed by atoms with van der Waals surface area (Å²) in [5, 5.41) is 2.90. The van der Waals surface area contributed by atoms with Crippen molar-refractivity contribution in [2.24, 2.45) is 5.92 Å². The van der Waals surface area contributed by atoms with Crippen LogP contribution in [0.5, 0.6) is 11.5 Å². The van der Waals surface area contributed by atoms with Crippen LogP contribution < -0.4 is 19.1 Å². The smallest absolute Gasteiger partial charge is 0.244 e. The molecule has 1 aliphatic heterocycles. The molecule has 35 heavy (non-hydrogen) atoms. The lowest BCUT2D eigenvalue weighted by Gasteiger charge is -2.33. The number of ether oxygens (including phenoxy) is 2. The number of hydrogen-bond donors (Lipinski definition) is 1. The Morgan fingerprint density at radius 1 is 1.06 bits per heavy atom. The molecule has 0 saturated heterocycles. The van der Waals surface area contributed by atoms with E-state index in [2.05, 4.69) is 5.32 Å². The van der Waals surface area contributed by atoms with Crippen molar-refractivity contribution in [3.8, 4) is 11.5 Å². The van der Waals surface area contributed by atoms with Crippen LogP contribution in [0.1, 0.15) is 32.8 Å². The fourth-order valence-corrected chi connectivity index (χ4v) is 4.62. The Kier molecular flexibility index (Phi) is 8.61. The SMILES string of the molecule is CC[C@@H](C(=O)NCC(C)C)N(Cc1ccccc1)C(=O)CN(c1ccc2c(c1)OCO2)S(C)(=O)=O. The molecule has 190 valence electrons. The van der Waals surface area contributed by atoms with Crippen molar-refractivity contribution < 1.29 is 27.5 Å². The van der Waals surface area contributed by atoms with Crippen LogP contribution in [-0.2, 0) is 26.2 Å². The topological polar surface area (TPSA) is 105 Å². The summed E-state index contributed by atoms with van der Waals surface area (Å²) in [6.07, 6.45) is 1.42. The predicted octanol–water partition coefficient (Wildman–Crippen LogP) is 2.76. The highest BCUT2D eigenvalue weighted by Gasteiger charge is 2.32. The molecule has 1 aliphatic rings. The summed E-state index contributed by atoms with van der Waals surface area (Å²) in [5.74, 6) is 0.417. The van der Waals surface area contributed by atoms with Crippen LogP contribution in [0.2, 0.25) is 0 Å². The molecule has 0 bridgehead atoms. The summed E-state index contributed by atoms with van der Waals surface area (Å²) in [5.41, 5.74) is 1.12. The molecule has 0 radical (unpaired) electrons. The molecule has 2 aromatic rings. The van der Waals surface area contributed by atoms with Gasteiger partial charge in [-0.1, -0.05) is 51.1 Å². The number of rotatable bonds is 11. The maximum Gasteiger partial charge on any atom is 0.244 e. The van der Waals surface area contributed by atoms with Gasteiger partial charge in [-0.15, -0.1) is 0 Å². The van der Waals surface area contributed by atoms with Crippen molar-refractivity contribution >= 4 is 27.5 Å². The molecule has 0 unspecified atom stereocenters. The number of nitrogens with one attached hydrogen (secondary N) is 1. The van der Waals surface area contributed by atoms with Crippen LogP contribution in [0.15, 0.2) is 48.5 Å². The molecule has 2 aromatic carbocycles. The van der Waals surface area contributed by atoms with Gasteiger partial charge in [0.25, 0.3) is 0 Å². The van der Waals surface area contributed by atoms with Crippen LogP contribution in [0.4, 0.5) is 5.69 Å². The van der Waals surface area contributed by atoms with Crippen molar-refractivity contribution in [2.45, 2.75) is 39.8 Å². The summed E-state index contributed by atoms with van der Waals surface area (Å²) in [7, 11) is -3.82. The lowest BCUT2D eigenvalue weighted by Crippen LogP contribution is -2.52. The van der Waals surface area contributed by atoms with Crippen molar-refractivity contribution in [1.82, 2.24) is 10.2 Å². The molecule has 0 spiro atoms. The molecule has 0 aromatic heterocycles. The first-order valence-electron chi connectivity index (χ1n) is 11.6. The summed E-state index contributed by atoms with van der Waals surface area (Å²) in [6.45, 7) is 6.05. The first-order valence-corrected chi connectivity index (χ1v) is 13.4. The number of anilines is 1. The normalized spacial score (nSPS) is 13.4. The zero-order chi connectivity index (χ0) is 25.6. The molecular weight excluding hydrogens is 470 g/mol. The highest BCUT2D eigenvalue weighted by molar-refractivity contribution is 7.92. The number of amides is 2. The zero-order valence-corrected chi connectivity index (χ0v) is 21.4. The minimum absolute atomic E-state index is 0.0467. The first-order chi connectivity index (χ1) is 16.6. The zero-order valence-electron chi connectivity index (χ0n) is 20.6. The van der Waals surface area contributed by atoms with E-state index in [0.29, 0.717) is 24.5 Å². The van der Waals surface area contributed by atoms with Crippen LogP contribution >= 0.6 is 0 Å². The van der Waals surface area contributed by atoms with E-state index >= 15 is 0 Å². The number of sulfonamides is 1. The molecule has 1 atom stereocenters. The van der Waals surface area contributed by atoms with E-state index in [1.807, 2.05) is 51.1 Å². The van der Waals surface area contributed by atoms with Crippen molar-refractivity contribution in [2.75, 3.05) is 30.4 Å². The van der Waals surface area contributed by atoms with E-state index < -0.39 is 28.5 Å². The summed E-state index contributed by atoms with van der Waals surface area (Å²) in [6, 6.07) is 13.3. The lowest BCUT2D eigenvalue weighted by molar-refractivity contribution is -0.140. The lowest BCUT2D eigenvalue weighted by atomic mass is 10.1. The average Bonchev–Trinajstić information content (AvgIpc) is 3.28. The van der Waals surface area contributed by atoms with Crippen molar-refractivity contribution in [1.29, 1.82) is 0 Å². The second-order valence-corrected chi connectivity index (χ2v) is 10.8. The van der Waals surface area contributed by atoms with E-state index in [0.717, 1.165) is 16.1 Å². The van der Waals surface area contributed by atoms with Crippen molar-refractivity contribution in [3.63, 3.8) is 0 Å². The Labute approximate surface area is 207 Å².